The molecule has 0 unspecified atom stereocenters. The maximum absolute atomic E-state index is 8.83. The van der Waals surface area contributed by atoms with Crippen molar-refractivity contribution in [1.82, 2.24) is 9.80 Å². The number of hydrogen-bond acceptors (Lipinski definition) is 5. The van der Waals surface area contributed by atoms with Gasteiger partial charge in [0.15, 0.2) is 5.84 Å². The van der Waals surface area contributed by atoms with Crippen LogP contribution < -0.4 is 5.73 Å². The molecule has 19 heavy (non-hydrogen) atoms. The minimum Gasteiger partial charge on any atom is -0.409 e. The molecule has 1 aliphatic heterocycles. The minimum atomic E-state index is -0.394. The zero-order valence-electron chi connectivity index (χ0n) is 12.6. The summed E-state index contributed by atoms with van der Waals surface area (Å²) in [6.45, 7) is 13.6. The molecular weight excluding hydrogens is 244 g/mol. The van der Waals surface area contributed by atoms with Crippen LogP contribution in [-0.2, 0) is 4.74 Å². The summed E-state index contributed by atoms with van der Waals surface area (Å²) in [6, 6.07) is 0. The van der Waals surface area contributed by atoms with E-state index in [1.807, 2.05) is 13.8 Å². The second-order valence-electron chi connectivity index (χ2n) is 5.79. The van der Waals surface area contributed by atoms with Crippen molar-refractivity contribution in [3.8, 4) is 0 Å². The van der Waals surface area contributed by atoms with Crippen molar-refractivity contribution in [2.24, 2.45) is 10.9 Å². The van der Waals surface area contributed by atoms with E-state index >= 15 is 0 Å². The SMILES string of the molecule is CC(C)OCCN1CCN(C(C)(C)C(N)=NO)CC1. The van der Waals surface area contributed by atoms with E-state index in [4.69, 9.17) is 15.7 Å². The highest BCUT2D eigenvalue weighted by molar-refractivity contribution is 5.88. The summed E-state index contributed by atoms with van der Waals surface area (Å²) in [7, 11) is 0. The van der Waals surface area contributed by atoms with E-state index in [-0.39, 0.29) is 5.84 Å². The molecular formula is C13H28N4O2. The molecule has 0 amide bonds. The van der Waals surface area contributed by atoms with Gasteiger partial charge >= 0.3 is 0 Å². The highest BCUT2D eigenvalue weighted by Gasteiger charge is 2.33. The summed E-state index contributed by atoms with van der Waals surface area (Å²) in [5.41, 5.74) is 5.36. The van der Waals surface area contributed by atoms with E-state index in [1.54, 1.807) is 0 Å². The normalized spacial score (nSPS) is 20.2. The van der Waals surface area contributed by atoms with Gasteiger partial charge in [0.05, 0.1) is 18.2 Å². The third-order valence-corrected chi connectivity index (χ3v) is 3.76. The molecule has 6 nitrogen and oxygen atoms in total. The van der Waals surface area contributed by atoms with Crippen LogP contribution in [0.4, 0.5) is 0 Å². The first-order chi connectivity index (χ1) is 8.87. The number of piperazine rings is 1. The Hall–Kier alpha value is -0.850. The second kappa shape index (κ2) is 7.07. The molecule has 112 valence electrons. The number of oxime groups is 1. The van der Waals surface area contributed by atoms with Crippen LogP contribution in [0.25, 0.3) is 0 Å². The summed E-state index contributed by atoms with van der Waals surface area (Å²) in [4.78, 5) is 4.64. The largest absolute Gasteiger partial charge is 0.409 e. The summed E-state index contributed by atoms with van der Waals surface area (Å²) >= 11 is 0. The van der Waals surface area contributed by atoms with Crippen molar-refractivity contribution in [3.63, 3.8) is 0 Å². The van der Waals surface area contributed by atoms with Crippen LogP contribution in [-0.4, -0.2) is 71.8 Å². The first kappa shape index (κ1) is 16.2. The zero-order valence-corrected chi connectivity index (χ0v) is 12.6. The topological polar surface area (TPSA) is 74.3 Å². The zero-order chi connectivity index (χ0) is 14.5. The molecule has 1 rings (SSSR count). The second-order valence-corrected chi connectivity index (χ2v) is 5.79. The molecule has 0 spiro atoms. The van der Waals surface area contributed by atoms with Crippen molar-refractivity contribution in [2.75, 3.05) is 39.3 Å². The van der Waals surface area contributed by atoms with Gasteiger partial charge in [-0.2, -0.15) is 0 Å². The Morgan fingerprint density at radius 3 is 2.37 bits per heavy atom. The van der Waals surface area contributed by atoms with Gasteiger partial charge in [-0.15, -0.1) is 0 Å². The lowest BCUT2D eigenvalue weighted by atomic mass is 10.0. The molecule has 0 radical (unpaired) electrons. The maximum atomic E-state index is 8.83. The number of amidine groups is 1. The number of nitrogens with zero attached hydrogens (tertiary/aromatic N) is 3. The Balaban J connectivity index is 2.36. The lowest BCUT2D eigenvalue weighted by Crippen LogP contribution is -2.59. The van der Waals surface area contributed by atoms with Crippen LogP contribution in [0.5, 0.6) is 0 Å². The van der Waals surface area contributed by atoms with Gasteiger partial charge < -0.3 is 15.7 Å². The van der Waals surface area contributed by atoms with Crippen molar-refractivity contribution < 1.29 is 9.94 Å². The molecule has 0 atom stereocenters. The van der Waals surface area contributed by atoms with E-state index in [1.165, 1.54) is 0 Å². The van der Waals surface area contributed by atoms with Gasteiger partial charge in [-0.05, 0) is 27.7 Å². The number of nitrogens with two attached hydrogens (primary N) is 1. The maximum Gasteiger partial charge on any atom is 0.159 e. The average Bonchev–Trinajstić information content (AvgIpc) is 2.38. The van der Waals surface area contributed by atoms with Crippen molar-refractivity contribution >= 4 is 5.84 Å². The summed E-state index contributed by atoms with van der Waals surface area (Å²) < 4.78 is 5.57. The van der Waals surface area contributed by atoms with Gasteiger partial charge in [0.25, 0.3) is 0 Å². The van der Waals surface area contributed by atoms with Gasteiger partial charge in [-0.25, -0.2) is 0 Å². The average molecular weight is 272 g/mol. The highest BCUT2D eigenvalue weighted by atomic mass is 16.5. The van der Waals surface area contributed by atoms with Crippen LogP contribution in [0, 0.1) is 0 Å². The lowest BCUT2D eigenvalue weighted by Gasteiger charge is -2.43. The highest BCUT2D eigenvalue weighted by Crippen LogP contribution is 2.17. The fraction of sp³-hybridized carbons (Fsp3) is 0.923. The minimum absolute atomic E-state index is 0.268. The van der Waals surface area contributed by atoms with Gasteiger partial charge in [0, 0.05) is 32.7 Å². The van der Waals surface area contributed by atoms with Crippen molar-refractivity contribution in [1.29, 1.82) is 0 Å². The van der Waals surface area contributed by atoms with E-state index in [0.717, 1.165) is 39.3 Å². The quantitative estimate of drug-likeness (QED) is 0.320. The first-order valence-corrected chi connectivity index (χ1v) is 6.95. The van der Waals surface area contributed by atoms with Gasteiger partial charge in [0.2, 0.25) is 0 Å². The van der Waals surface area contributed by atoms with E-state index < -0.39 is 5.54 Å². The molecule has 0 aliphatic carbocycles. The fourth-order valence-electron chi connectivity index (χ4n) is 2.23. The molecule has 1 heterocycles. The molecule has 0 aromatic heterocycles. The Morgan fingerprint density at radius 2 is 1.89 bits per heavy atom. The van der Waals surface area contributed by atoms with E-state index in [9.17, 15) is 0 Å². The molecule has 0 aromatic carbocycles. The molecule has 1 aliphatic rings. The first-order valence-electron chi connectivity index (χ1n) is 6.95. The summed E-state index contributed by atoms with van der Waals surface area (Å²) in [5, 5.41) is 12.0. The smallest absolute Gasteiger partial charge is 0.159 e. The Kier molecular flexibility index (Phi) is 6.03. The number of hydrogen-bond donors (Lipinski definition) is 2. The molecule has 1 fully saturated rings. The van der Waals surface area contributed by atoms with Crippen LogP contribution in [0.15, 0.2) is 5.16 Å². The van der Waals surface area contributed by atoms with Gasteiger partial charge in [0.1, 0.15) is 0 Å². The van der Waals surface area contributed by atoms with Gasteiger partial charge in [-0.1, -0.05) is 5.16 Å². The van der Waals surface area contributed by atoms with Crippen molar-refractivity contribution in [3.05, 3.63) is 0 Å². The van der Waals surface area contributed by atoms with Crippen LogP contribution in [0.1, 0.15) is 27.7 Å². The molecule has 3 N–H and O–H groups in total. The Bertz CT molecular complexity index is 297. The standard InChI is InChI=1S/C13H28N4O2/c1-11(2)19-10-9-16-5-7-17(8-6-16)13(3,4)12(14)15-18/h11,18H,5-10H2,1-4H3,(H2,14,15). The predicted octanol–water partition coefficient (Wildman–Crippen LogP) is 0.554. The molecule has 0 saturated carbocycles. The predicted molar refractivity (Wildman–Crippen MR) is 76.6 cm³/mol. The third-order valence-electron chi connectivity index (χ3n) is 3.76. The Labute approximate surface area is 116 Å². The summed E-state index contributed by atoms with van der Waals surface area (Å²) in [5.74, 6) is 0.268. The van der Waals surface area contributed by atoms with Gasteiger partial charge in [-0.3, -0.25) is 9.80 Å². The van der Waals surface area contributed by atoms with E-state index in [2.05, 4.69) is 28.8 Å². The van der Waals surface area contributed by atoms with E-state index in [0.29, 0.717) is 6.10 Å². The Morgan fingerprint density at radius 1 is 1.32 bits per heavy atom. The number of rotatable bonds is 6. The third kappa shape index (κ3) is 4.63. The van der Waals surface area contributed by atoms with Crippen LogP contribution >= 0.6 is 0 Å². The van der Waals surface area contributed by atoms with Crippen LogP contribution in [0.3, 0.4) is 0 Å². The fourth-order valence-corrected chi connectivity index (χ4v) is 2.23. The molecule has 0 aromatic rings. The van der Waals surface area contributed by atoms with Crippen LogP contribution in [0.2, 0.25) is 0 Å². The monoisotopic (exact) mass is 272 g/mol. The number of ether oxygens (including phenoxy) is 1. The van der Waals surface area contributed by atoms with Crippen molar-refractivity contribution in [2.45, 2.75) is 39.3 Å². The molecule has 1 saturated heterocycles. The molecule has 0 bridgehead atoms. The summed E-state index contributed by atoms with van der Waals surface area (Å²) in [6.07, 6.45) is 0.292. The lowest BCUT2D eigenvalue weighted by molar-refractivity contribution is 0.0340. The molecule has 6 heteroatoms.